The number of nitrogens with zero attached hydrogens (tertiary/aromatic N) is 3. The van der Waals surface area contributed by atoms with Crippen LogP contribution in [0, 0.1) is 0 Å². The standard InChI is InChI=1S/C15H17N3O/c1-2-19-15-6-3-5-14-13(15)7-10-17(14)11-12-18-9-4-8-16-18/h3-10H,2,11-12H2,1H3. The van der Waals surface area contributed by atoms with Crippen LogP contribution in [0.25, 0.3) is 10.9 Å². The highest BCUT2D eigenvalue weighted by molar-refractivity contribution is 5.86. The van der Waals surface area contributed by atoms with Gasteiger partial charge in [0.15, 0.2) is 0 Å². The molecular weight excluding hydrogens is 238 g/mol. The Kier molecular flexibility index (Phi) is 3.23. The van der Waals surface area contributed by atoms with E-state index in [1.807, 2.05) is 36.0 Å². The van der Waals surface area contributed by atoms with Crippen molar-refractivity contribution in [1.82, 2.24) is 14.3 Å². The van der Waals surface area contributed by atoms with E-state index in [9.17, 15) is 0 Å². The highest BCUT2D eigenvalue weighted by atomic mass is 16.5. The third kappa shape index (κ3) is 2.34. The molecule has 0 radical (unpaired) electrons. The minimum Gasteiger partial charge on any atom is -0.493 e. The quantitative estimate of drug-likeness (QED) is 0.702. The number of fused-ring (bicyclic) bond motifs is 1. The second-order valence-electron chi connectivity index (χ2n) is 4.40. The first-order valence-corrected chi connectivity index (χ1v) is 6.56. The summed E-state index contributed by atoms with van der Waals surface area (Å²) in [5.41, 5.74) is 1.21. The van der Waals surface area contributed by atoms with Gasteiger partial charge in [-0.15, -0.1) is 0 Å². The monoisotopic (exact) mass is 255 g/mol. The van der Waals surface area contributed by atoms with Crippen molar-refractivity contribution in [2.75, 3.05) is 6.61 Å². The summed E-state index contributed by atoms with van der Waals surface area (Å²) in [6, 6.07) is 10.2. The number of rotatable bonds is 5. The van der Waals surface area contributed by atoms with E-state index in [0.717, 1.165) is 18.8 Å². The van der Waals surface area contributed by atoms with Crippen LogP contribution in [0.1, 0.15) is 6.92 Å². The van der Waals surface area contributed by atoms with Crippen molar-refractivity contribution in [3.8, 4) is 5.75 Å². The fraction of sp³-hybridized carbons (Fsp3) is 0.267. The second-order valence-corrected chi connectivity index (χ2v) is 4.40. The SMILES string of the molecule is CCOc1cccc2c1ccn2CCn1cccn1. The molecule has 0 fully saturated rings. The molecule has 2 heterocycles. The Morgan fingerprint density at radius 2 is 2.05 bits per heavy atom. The summed E-state index contributed by atoms with van der Waals surface area (Å²) >= 11 is 0. The van der Waals surface area contributed by atoms with E-state index in [0.29, 0.717) is 6.61 Å². The van der Waals surface area contributed by atoms with Crippen LogP contribution in [0.4, 0.5) is 0 Å². The Labute approximate surface area is 112 Å². The fourth-order valence-corrected chi connectivity index (χ4v) is 2.31. The summed E-state index contributed by atoms with van der Waals surface area (Å²) in [7, 11) is 0. The molecule has 0 saturated heterocycles. The number of hydrogen-bond acceptors (Lipinski definition) is 2. The van der Waals surface area contributed by atoms with Gasteiger partial charge in [0.05, 0.1) is 18.7 Å². The lowest BCUT2D eigenvalue weighted by molar-refractivity contribution is 0.344. The molecule has 3 rings (SSSR count). The van der Waals surface area contributed by atoms with E-state index in [-0.39, 0.29) is 0 Å². The lowest BCUT2D eigenvalue weighted by Gasteiger charge is -2.08. The molecule has 4 heteroatoms. The molecule has 0 aliphatic carbocycles. The second kappa shape index (κ2) is 5.18. The molecule has 0 aliphatic rings. The van der Waals surface area contributed by atoms with Gasteiger partial charge in [0.1, 0.15) is 5.75 Å². The number of aromatic nitrogens is 3. The topological polar surface area (TPSA) is 32.0 Å². The molecule has 0 amide bonds. The molecule has 3 aromatic rings. The molecule has 2 aromatic heterocycles. The van der Waals surface area contributed by atoms with E-state index in [1.54, 1.807) is 6.20 Å². The minimum atomic E-state index is 0.692. The summed E-state index contributed by atoms with van der Waals surface area (Å²) in [4.78, 5) is 0. The minimum absolute atomic E-state index is 0.692. The van der Waals surface area contributed by atoms with E-state index < -0.39 is 0 Å². The van der Waals surface area contributed by atoms with Crippen molar-refractivity contribution in [3.05, 3.63) is 48.9 Å². The average molecular weight is 255 g/mol. The predicted molar refractivity (Wildman–Crippen MR) is 75.3 cm³/mol. The number of hydrogen-bond donors (Lipinski definition) is 0. The van der Waals surface area contributed by atoms with Crippen LogP contribution in [-0.4, -0.2) is 21.0 Å². The van der Waals surface area contributed by atoms with Gasteiger partial charge in [-0.2, -0.15) is 5.10 Å². The molecule has 19 heavy (non-hydrogen) atoms. The first-order chi connectivity index (χ1) is 9.38. The number of benzene rings is 1. The van der Waals surface area contributed by atoms with E-state index in [4.69, 9.17) is 4.74 Å². The zero-order valence-electron chi connectivity index (χ0n) is 11.0. The number of aryl methyl sites for hydroxylation is 2. The molecule has 0 spiro atoms. The molecule has 0 unspecified atom stereocenters. The molecule has 0 saturated carbocycles. The van der Waals surface area contributed by atoms with Gasteiger partial charge < -0.3 is 9.30 Å². The molecule has 98 valence electrons. The van der Waals surface area contributed by atoms with Gasteiger partial charge in [-0.05, 0) is 31.2 Å². The van der Waals surface area contributed by atoms with Crippen LogP contribution >= 0.6 is 0 Å². The Morgan fingerprint density at radius 1 is 1.11 bits per heavy atom. The summed E-state index contributed by atoms with van der Waals surface area (Å²) in [6.45, 7) is 4.47. The van der Waals surface area contributed by atoms with Crippen LogP contribution in [0.15, 0.2) is 48.9 Å². The normalized spacial score (nSPS) is 11.0. The zero-order chi connectivity index (χ0) is 13.1. The van der Waals surface area contributed by atoms with Crippen molar-refractivity contribution in [2.24, 2.45) is 0 Å². The Morgan fingerprint density at radius 3 is 2.84 bits per heavy atom. The number of ether oxygens (including phenoxy) is 1. The smallest absolute Gasteiger partial charge is 0.128 e. The largest absolute Gasteiger partial charge is 0.493 e. The predicted octanol–water partition coefficient (Wildman–Crippen LogP) is 2.94. The Hall–Kier alpha value is -2.23. The van der Waals surface area contributed by atoms with Crippen molar-refractivity contribution < 1.29 is 4.74 Å². The summed E-state index contributed by atoms with van der Waals surface area (Å²) in [5, 5.41) is 5.39. The summed E-state index contributed by atoms with van der Waals surface area (Å²) in [5.74, 6) is 0.956. The third-order valence-corrected chi connectivity index (χ3v) is 3.20. The van der Waals surface area contributed by atoms with Gasteiger partial charge in [-0.3, -0.25) is 4.68 Å². The third-order valence-electron chi connectivity index (χ3n) is 3.20. The fourth-order valence-electron chi connectivity index (χ4n) is 2.31. The van der Waals surface area contributed by atoms with Gasteiger partial charge >= 0.3 is 0 Å². The van der Waals surface area contributed by atoms with Crippen molar-refractivity contribution in [2.45, 2.75) is 20.0 Å². The van der Waals surface area contributed by atoms with Crippen molar-refractivity contribution in [3.63, 3.8) is 0 Å². The van der Waals surface area contributed by atoms with Gasteiger partial charge in [0.2, 0.25) is 0 Å². The molecule has 4 nitrogen and oxygen atoms in total. The molecule has 0 bridgehead atoms. The van der Waals surface area contributed by atoms with Gasteiger partial charge in [0, 0.05) is 30.5 Å². The van der Waals surface area contributed by atoms with Gasteiger partial charge in [0.25, 0.3) is 0 Å². The first kappa shape index (κ1) is 11.8. The zero-order valence-corrected chi connectivity index (χ0v) is 11.0. The van der Waals surface area contributed by atoms with E-state index >= 15 is 0 Å². The molecule has 0 atom stereocenters. The molecule has 0 aliphatic heterocycles. The maximum Gasteiger partial charge on any atom is 0.128 e. The molecule has 1 aromatic carbocycles. The molecule has 0 N–H and O–H groups in total. The Bertz CT molecular complexity index is 655. The lowest BCUT2D eigenvalue weighted by atomic mass is 10.2. The first-order valence-electron chi connectivity index (χ1n) is 6.56. The van der Waals surface area contributed by atoms with Crippen LogP contribution in [0.3, 0.4) is 0 Å². The highest BCUT2D eigenvalue weighted by Crippen LogP contribution is 2.26. The maximum absolute atomic E-state index is 5.65. The van der Waals surface area contributed by atoms with Crippen molar-refractivity contribution >= 4 is 10.9 Å². The van der Waals surface area contributed by atoms with E-state index in [2.05, 4.69) is 28.0 Å². The lowest BCUT2D eigenvalue weighted by Crippen LogP contribution is -2.06. The van der Waals surface area contributed by atoms with Crippen molar-refractivity contribution in [1.29, 1.82) is 0 Å². The molecular formula is C15H17N3O. The maximum atomic E-state index is 5.65. The summed E-state index contributed by atoms with van der Waals surface area (Å²) in [6.07, 6.45) is 5.90. The van der Waals surface area contributed by atoms with Crippen LogP contribution in [0.2, 0.25) is 0 Å². The van der Waals surface area contributed by atoms with Gasteiger partial charge in [-0.1, -0.05) is 6.07 Å². The highest BCUT2D eigenvalue weighted by Gasteiger charge is 2.06. The van der Waals surface area contributed by atoms with Crippen LogP contribution < -0.4 is 4.74 Å². The van der Waals surface area contributed by atoms with E-state index in [1.165, 1.54) is 10.9 Å². The van der Waals surface area contributed by atoms with Crippen LogP contribution in [0.5, 0.6) is 5.75 Å². The Balaban J connectivity index is 1.86. The average Bonchev–Trinajstić information content (AvgIpc) is 3.06. The summed E-state index contributed by atoms with van der Waals surface area (Å²) < 4.78 is 9.83. The van der Waals surface area contributed by atoms with Gasteiger partial charge in [-0.25, -0.2) is 0 Å². The van der Waals surface area contributed by atoms with Crippen LogP contribution in [-0.2, 0) is 13.1 Å².